The van der Waals surface area contributed by atoms with Crippen LogP contribution in [0.15, 0.2) is 78.5 Å². The minimum atomic E-state index is -0.415. The van der Waals surface area contributed by atoms with E-state index in [4.69, 9.17) is 16.3 Å². The van der Waals surface area contributed by atoms with Crippen molar-refractivity contribution in [2.75, 3.05) is 23.5 Å². The highest BCUT2D eigenvalue weighted by atomic mass is 35.5. The summed E-state index contributed by atoms with van der Waals surface area (Å²) in [6.07, 6.45) is 0.798. The number of anilines is 2. The van der Waals surface area contributed by atoms with Crippen LogP contribution in [0.25, 0.3) is 5.57 Å². The van der Waals surface area contributed by atoms with Crippen LogP contribution in [0.3, 0.4) is 0 Å². The fourth-order valence-electron chi connectivity index (χ4n) is 4.28. The monoisotopic (exact) mass is 430 g/mol. The molecule has 2 amide bonds. The summed E-state index contributed by atoms with van der Waals surface area (Å²) in [6, 6.07) is 22.1. The zero-order chi connectivity index (χ0) is 21.5. The Morgan fingerprint density at radius 3 is 2.29 bits per heavy atom. The molecule has 5 nitrogen and oxygen atoms in total. The van der Waals surface area contributed by atoms with Crippen molar-refractivity contribution < 1.29 is 14.3 Å². The lowest BCUT2D eigenvalue weighted by Gasteiger charge is -2.22. The predicted octanol–water partition coefficient (Wildman–Crippen LogP) is 4.70. The van der Waals surface area contributed by atoms with Crippen LogP contribution < -0.4 is 14.5 Å². The summed E-state index contributed by atoms with van der Waals surface area (Å²) in [6.45, 7) is 0.614. The maximum Gasteiger partial charge on any atom is 0.282 e. The molecule has 0 bridgehead atoms. The molecule has 0 fully saturated rings. The first-order valence-electron chi connectivity index (χ1n) is 9.98. The summed E-state index contributed by atoms with van der Waals surface area (Å²) < 4.78 is 5.53. The van der Waals surface area contributed by atoms with Gasteiger partial charge in [-0.2, -0.15) is 0 Å². The molecule has 0 spiro atoms. The number of nitrogens with zero attached hydrogens (tertiary/aromatic N) is 2. The molecule has 0 atom stereocenters. The van der Waals surface area contributed by atoms with Gasteiger partial charge in [-0.25, -0.2) is 4.90 Å². The van der Waals surface area contributed by atoms with E-state index >= 15 is 0 Å². The van der Waals surface area contributed by atoms with Crippen molar-refractivity contribution >= 4 is 40.4 Å². The second-order valence-electron chi connectivity index (χ2n) is 7.35. The van der Waals surface area contributed by atoms with Gasteiger partial charge in [-0.3, -0.25) is 9.59 Å². The van der Waals surface area contributed by atoms with E-state index in [1.165, 1.54) is 4.90 Å². The van der Waals surface area contributed by atoms with Gasteiger partial charge in [-0.15, -0.1) is 0 Å². The molecule has 0 unspecified atom stereocenters. The van der Waals surface area contributed by atoms with Gasteiger partial charge in [0.2, 0.25) is 0 Å². The average molecular weight is 431 g/mol. The molecule has 0 saturated carbocycles. The Morgan fingerprint density at radius 1 is 0.839 bits per heavy atom. The molecular formula is C25H19ClN2O3. The van der Waals surface area contributed by atoms with Gasteiger partial charge < -0.3 is 9.64 Å². The van der Waals surface area contributed by atoms with Crippen LogP contribution in [-0.2, 0) is 16.0 Å². The predicted molar refractivity (Wildman–Crippen MR) is 121 cm³/mol. The molecule has 0 aliphatic carbocycles. The normalized spacial score (nSPS) is 15.7. The molecule has 0 N–H and O–H groups in total. The smallest absolute Gasteiger partial charge is 0.282 e. The number of halogens is 1. The number of hydrogen-bond acceptors (Lipinski definition) is 4. The Morgan fingerprint density at radius 2 is 1.52 bits per heavy atom. The van der Waals surface area contributed by atoms with Gasteiger partial charge in [0.1, 0.15) is 11.4 Å². The van der Waals surface area contributed by atoms with Crippen molar-refractivity contribution in [3.8, 4) is 5.75 Å². The zero-order valence-electron chi connectivity index (χ0n) is 16.8. The summed E-state index contributed by atoms with van der Waals surface area (Å²) in [4.78, 5) is 30.6. The largest absolute Gasteiger partial charge is 0.496 e. The third-order valence-corrected chi connectivity index (χ3v) is 6.01. The number of fused-ring (bicyclic) bond motifs is 1. The van der Waals surface area contributed by atoms with E-state index in [9.17, 15) is 9.59 Å². The van der Waals surface area contributed by atoms with Gasteiger partial charge in [0.05, 0.1) is 23.4 Å². The fourth-order valence-corrected chi connectivity index (χ4v) is 4.51. The third kappa shape index (κ3) is 3.01. The Bertz CT molecular complexity index is 1250. The summed E-state index contributed by atoms with van der Waals surface area (Å²) in [5.41, 5.74) is 3.70. The summed E-state index contributed by atoms with van der Waals surface area (Å²) in [5, 5.41) is 0.339. The SMILES string of the molecule is COc1ccccc1C1=C(N2CCc3ccccc32)C(=O)N(c2ccccc2Cl)C1=O. The van der Waals surface area contributed by atoms with Gasteiger partial charge in [0, 0.05) is 17.8 Å². The van der Waals surface area contributed by atoms with E-state index in [0.717, 1.165) is 17.7 Å². The van der Waals surface area contributed by atoms with Crippen LogP contribution >= 0.6 is 11.6 Å². The molecule has 2 heterocycles. The topological polar surface area (TPSA) is 49.9 Å². The lowest BCUT2D eigenvalue weighted by molar-refractivity contribution is -0.120. The molecule has 2 aliphatic rings. The van der Waals surface area contributed by atoms with Crippen molar-refractivity contribution in [2.45, 2.75) is 6.42 Å². The zero-order valence-corrected chi connectivity index (χ0v) is 17.6. The first kappa shape index (κ1) is 19.4. The van der Waals surface area contributed by atoms with E-state index in [1.54, 1.807) is 43.5 Å². The molecule has 3 aromatic carbocycles. The minimum absolute atomic E-state index is 0.319. The number of imide groups is 1. The van der Waals surface area contributed by atoms with Crippen LogP contribution in [0.1, 0.15) is 11.1 Å². The van der Waals surface area contributed by atoms with Crippen LogP contribution in [0, 0.1) is 0 Å². The Kier molecular flexibility index (Phi) is 4.75. The Balaban J connectivity index is 1.74. The number of ether oxygens (including phenoxy) is 1. The highest BCUT2D eigenvalue weighted by Crippen LogP contribution is 2.43. The molecule has 0 aromatic heterocycles. The highest BCUT2D eigenvalue weighted by molar-refractivity contribution is 6.48. The summed E-state index contributed by atoms with van der Waals surface area (Å²) in [7, 11) is 1.55. The number of benzene rings is 3. The quantitative estimate of drug-likeness (QED) is 0.563. The molecular weight excluding hydrogens is 412 g/mol. The van der Waals surface area contributed by atoms with E-state index in [2.05, 4.69) is 0 Å². The minimum Gasteiger partial charge on any atom is -0.496 e. The van der Waals surface area contributed by atoms with E-state index in [0.29, 0.717) is 39.8 Å². The Labute approximate surface area is 185 Å². The number of para-hydroxylation sites is 3. The van der Waals surface area contributed by atoms with E-state index < -0.39 is 11.8 Å². The van der Waals surface area contributed by atoms with Crippen molar-refractivity contribution in [1.29, 1.82) is 0 Å². The molecule has 6 heteroatoms. The van der Waals surface area contributed by atoms with Crippen LogP contribution in [0.4, 0.5) is 11.4 Å². The molecule has 0 radical (unpaired) electrons. The first-order chi connectivity index (χ1) is 15.1. The number of carbonyl (C=O) groups is 2. The van der Waals surface area contributed by atoms with E-state index in [-0.39, 0.29) is 0 Å². The second-order valence-corrected chi connectivity index (χ2v) is 7.76. The lowest BCUT2D eigenvalue weighted by atomic mass is 10.0. The number of methoxy groups -OCH3 is 1. The summed E-state index contributed by atoms with van der Waals surface area (Å²) in [5.74, 6) is -0.276. The average Bonchev–Trinajstić information content (AvgIpc) is 3.32. The van der Waals surface area contributed by atoms with Crippen molar-refractivity contribution in [1.82, 2.24) is 0 Å². The number of hydrogen-bond donors (Lipinski definition) is 0. The third-order valence-electron chi connectivity index (χ3n) is 5.69. The van der Waals surface area contributed by atoms with Crippen molar-refractivity contribution in [3.05, 3.63) is 94.6 Å². The van der Waals surface area contributed by atoms with Crippen molar-refractivity contribution in [3.63, 3.8) is 0 Å². The van der Waals surface area contributed by atoms with Gasteiger partial charge in [-0.05, 0) is 36.2 Å². The molecule has 3 aromatic rings. The molecule has 0 saturated heterocycles. The van der Waals surface area contributed by atoms with Crippen molar-refractivity contribution in [2.24, 2.45) is 0 Å². The molecule has 31 heavy (non-hydrogen) atoms. The van der Waals surface area contributed by atoms with Gasteiger partial charge in [-0.1, -0.05) is 60.1 Å². The van der Waals surface area contributed by atoms with Gasteiger partial charge in [0.15, 0.2) is 0 Å². The first-order valence-corrected chi connectivity index (χ1v) is 10.4. The van der Waals surface area contributed by atoms with Gasteiger partial charge in [0.25, 0.3) is 11.8 Å². The number of amides is 2. The Hall–Kier alpha value is -3.57. The second kappa shape index (κ2) is 7.60. The lowest BCUT2D eigenvalue weighted by Crippen LogP contribution is -2.35. The molecule has 5 rings (SSSR count). The number of rotatable bonds is 4. The van der Waals surface area contributed by atoms with Crippen LogP contribution in [0.5, 0.6) is 5.75 Å². The van der Waals surface area contributed by atoms with E-state index in [1.807, 2.05) is 41.3 Å². The number of carbonyl (C=O) groups excluding carboxylic acids is 2. The molecule has 2 aliphatic heterocycles. The molecule has 154 valence electrons. The standard InChI is InChI=1S/C25H19ClN2O3/c1-31-21-13-7-3-9-17(21)22-23(27-15-14-16-8-2-5-11-19(16)27)25(30)28(24(22)29)20-12-6-4-10-18(20)26/h2-13H,14-15H2,1H3. The maximum atomic E-state index is 13.8. The maximum absolute atomic E-state index is 13.8. The van der Waals surface area contributed by atoms with Gasteiger partial charge >= 0.3 is 0 Å². The highest BCUT2D eigenvalue weighted by Gasteiger charge is 2.45. The van der Waals surface area contributed by atoms with Crippen LogP contribution in [-0.4, -0.2) is 25.5 Å². The fraction of sp³-hybridized carbons (Fsp3) is 0.120. The van der Waals surface area contributed by atoms with Crippen LogP contribution in [0.2, 0.25) is 5.02 Å². The summed E-state index contributed by atoms with van der Waals surface area (Å²) >= 11 is 6.37.